The number of hydrogen-bond donors (Lipinski definition) is 4. The molecule has 0 aliphatic rings. The van der Waals surface area contributed by atoms with Crippen LogP contribution in [0.25, 0.3) is 0 Å². The maximum Gasteiger partial charge on any atom is 0.408 e. The highest BCUT2D eigenvalue weighted by Gasteiger charge is 2.02. The number of nitrogens with zero attached hydrogens (tertiary/aromatic N) is 2. The van der Waals surface area contributed by atoms with Crippen LogP contribution in [0.5, 0.6) is 0 Å². The Balaban J connectivity index is 3.27. The van der Waals surface area contributed by atoms with Crippen molar-refractivity contribution in [3.63, 3.8) is 0 Å². The van der Waals surface area contributed by atoms with Gasteiger partial charge < -0.3 is 40.1 Å². The molecule has 0 atom stereocenters. The highest BCUT2D eigenvalue weighted by atomic mass is 32.2. The number of aliphatic imine (C=N–C) groups is 2. The van der Waals surface area contributed by atoms with Crippen molar-refractivity contribution in [1.29, 1.82) is 0 Å². The molecule has 0 aliphatic heterocycles. The molecule has 2 amide bonds. The number of aliphatic hydroxyl groups is 2. The Morgan fingerprint density at radius 3 is 1.48 bits per heavy atom. The zero-order chi connectivity index (χ0) is 33.4. The molecular weight excluding hydrogens is 801 g/mol. The second-order valence-corrected chi connectivity index (χ2v) is 18.0. The van der Waals surface area contributed by atoms with E-state index in [1.54, 1.807) is 58.8 Å². The van der Waals surface area contributed by atoms with Crippen LogP contribution in [-0.4, -0.2) is 139 Å². The number of thioether (sulfide) groups is 10. The number of rotatable bonds is 35. The second-order valence-electron chi connectivity index (χ2n) is 7.00. The van der Waals surface area contributed by atoms with E-state index >= 15 is 0 Å². The zero-order valence-electron chi connectivity index (χ0n) is 25.0. The molecule has 270 valence electrons. The first kappa shape index (κ1) is 46.8. The van der Waals surface area contributed by atoms with E-state index in [4.69, 9.17) is 39.2 Å². The molecule has 0 aromatic heterocycles. The Morgan fingerprint density at radius 2 is 0.957 bits per heavy atom. The van der Waals surface area contributed by atoms with Crippen molar-refractivity contribution in [3.8, 4) is 0 Å². The fourth-order valence-electron chi connectivity index (χ4n) is 1.93. The quantitative estimate of drug-likeness (QED) is 0.0163. The van der Waals surface area contributed by atoms with E-state index in [-0.39, 0.29) is 23.8 Å². The van der Waals surface area contributed by atoms with Gasteiger partial charge in [-0.2, -0.15) is 9.78 Å². The molecule has 0 aromatic rings. The lowest BCUT2D eigenvalue weighted by molar-refractivity contribution is -0.196. The molecule has 0 spiro atoms. The topological polar surface area (TPSA) is 179 Å². The van der Waals surface area contributed by atoms with Gasteiger partial charge in [-0.1, -0.05) is 0 Å². The Kier molecular flexibility index (Phi) is 42.7. The van der Waals surface area contributed by atoms with Crippen LogP contribution in [0.15, 0.2) is 9.98 Å². The first-order chi connectivity index (χ1) is 22.7. The fraction of sp³-hybridized carbons (Fsp3) is 0.818. The summed E-state index contributed by atoms with van der Waals surface area (Å²) in [5.41, 5.74) is 0. The molecule has 0 bridgehead atoms. The Labute approximate surface area is 313 Å². The SMILES string of the molecule is O=C(NCSCCSC/N=C/OOCSCSCO)OCSCCSCOO/C=N/CSCCSCNC(=O)OCSCSCO. The molecule has 0 saturated carbocycles. The molecule has 0 saturated heterocycles. The monoisotopic (exact) mass is 842 g/mol. The van der Waals surface area contributed by atoms with Crippen molar-refractivity contribution in [3.05, 3.63) is 0 Å². The summed E-state index contributed by atoms with van der Waals surface area (Å²) in [5.74, 6) is 8.64. The lowest BCUT2D eigenvalue weighted by Gasteiger charge is -2.06. The minimum atomic E-state index is -0.443. The maximum atomic E-state index is 11.7. The summed E-state index contributed by atoms with van der Waals surface area (Å²) in [5, 5.41) is 24.1. The third-order valence-electron chi connectivity index (χ3n) is 3.78. The number of nitrogens with one attached hydrogen (secondary N) is 2. The van der Waals surface area contributed by atoms with Crippen LogP contribution in [0.2, 0.25) is 0 Å². The van der Waals surface area contributed by atoms with E-state index in [2.05, 4.69) is 20.6 Å². The van der Waals surface area contributed by atoms with Gasteiger partial charge in [0.15, 0.2) is 0 Å². The van der Waals surface area contributed by atoms with Crippen LogP contribution in [0.4, 0.5) is 9.59 Å². The Hall–Kier alpha value is 0.820. The van der Waals surface area contributed by atoms with Gasteiger partial charge in [0.05, 0.1) is 35.4 Å². The van der Waals surface area contributed by atoms with Crippen molar-refractivity contribution in [2.45, 2.75) is 0 Å². The molecule has 0 heterocycles. The summed E-state index contributed by atoms with van der Waals surface area (Å²) < 4.78 is 10.1. The number of amides is 2. The van der Waals surface area contributed by atoms with Crippen LogP contribution < -0.4 is 10.6 Å². The molecule has 24 heteroatoms. The van der Waals surface area contributed by atoms with Crippen LogP contribution >= 0.6 is 118 Å². The first-order valence-corrected chi connectivity index (χ1v) is 24.6. The number of carbonyl (C=O) groups excluding carboxylic acids is 2. The molecule has 0 radical (unpaired) electrons. The predicted molar refractivity (Wildman–Crippen MR) is 209 cm³/mol. The summed E-state index contributed by atoms with van der Waals surface area (Å²) in [6.07, 6.45) is 1.68. The Morgan fingerprint density at radius 1 is 0.543 bits per heavy atom. The van der Waals surface area contributed by atoms with Gasteiger partial charge in [-0.25, -0.2) is 19.6 Å². The number of alkyl carbamates (subject to hydrolysis) is 2. The molecule has 0 aromatic carbocycles. The Bertz CT molecular complexity index is 745. The van der Waals surface area contributed by atoms with Gasteiger partial charge in [0, 0.05) is 44.7 Å². The van der Waals surface area contributed by atoms with Gasteiger partial charge in [-0.05, 0) is 0 Å². The van der Waals surface area contributed by atoms with Crippen LogP contribution in [-0.2, 0) is 29.0 Å². The highest BCUT2D eigenvalue weighted by Crippen LogP contribution is 2.12. The average Bonchev–Trinajstić information content (AvgIpc) is 3.05. The number of hydrogen-bond acceptors (Lipinski definition) is 22. The van der Waals surface area contributed by atoms with E-state index in [1.807, 2.05) is 0 Å². The number of aliphatic hydroxyl groups excluding tert-OH is 2. The van der Waals surface area contributed by atoms with E-state index in [9.17, 15) is 9.59 Å². The van der Waals surface area contributed by atoms with Gasteiger partial charge >= 0.3 is 12.2 Å². The molecule has 0 fully saturated rings. The smallest absolute Gasteiger partial charge is 0.408 e. The standard InChI is InChI=1S/C22H42N4O10S10/c27-13-43-19-45-16-32-22(30)26-12-40-4-2-37-9-23-7-33-35-17-42-6-5-41-15-31-21(29)25-11-39-3-1-38-10-24-8-34-36-18-46-20-44-14-28/h7-8,27-28H,1-6,9-20H2,(H,25,29)(H,26,30)/b23-7+,24-8+. The average molecular weight is 843 g/mol. The molecule has 0 unspecified atom stereocenters. The lowest BCUT2D eigenvalue weighted by atomic mass is 11.0. The van der Waals surface area contributed by atoms with E-state index in [0.717, 1.165) is 39.6 Å². The second kappa shape index (κ2) is 42.0. The molecule has 14 nitrogen and oxygen atoms in total. The predicted octanol–water partition coefficient (Wildman–Crippen LogP) is 5.20. The normalized spacial score (nSPS) is 11.3. The third-order valence-corrected chi connectivity index (χ3v) is 13.0. The lowest BCUT2D eigenvalue weighted by Crippen LogP contribution is -2.24. The van der Waals surface area contributed by atoms with Crippen molar-refractivity contribution >= 4 is 143 Å². The molecular formula is C22H42N4O10S10. The summed E-state index contributed by atoms with van der Waals surface area (Å²) >= 11 is 15.2. The largest absolute Gasteiger partial charge is 0.438 e. The van der Waals surface area contributed by atoms with Crippen LogP contribution in [0.3, 0.4) is 0 Å². The molecule has 0 rings (SSSR count). The minimum Gasteiger partial charge on any atom is -0.438 e. The number of carbonyl (C=O) groups is 2. The van der Waals surface area contributed by atoms with E-state index in [0.29, 0.717) is 40.5 Å². The molecule has 46 heavy (non-hydrogen) atoms. The molecule has 0 aliphatic carbocycles. The van der Waals surface area contributed by atoms with Gasteiger partial charge in [-0.3, -0.25) is 0 Å². The fourth-order valence-corrected chi connectivity index (χ4v) is 9.02. The summed E-state index contributed by atoms with van der Waals surface area (Å²) in [7, 11) is 0. The van der Waals surface area contributed by atoms with Crippen molar-refractivity contribution in [2.75, 3.05) is 104 Å². The van der Waals surface area contributed by atoms with Gasteiger partial charge in [0.25, 0.3) is 0 Å². The van der Waals surface area contributed by atoms with Crippen molar-refractivity contribution < 1.29 is 48.8 Å². The minimum absolute atomic E-state index is 0.0612. The van der Waals surface area contributed by atoms with Crippen molar-refractivity contribution in [1.82, 2.24) is 10.6 Å². The summed E-state index contributed by atoms with van der Waals surface area (Å²) in [6.45, 7) is 0. The summed E-state index contributed by atoms with van der Waals surface area (Å²) in [6, 6.07) is 0. The van der Waals surface area contributed by atoms with Gasteiger partial charge in [0.1, 0.15) is 23.8 Å². The maximum absolute atomic E-state index is 11.7. The van der Waals surface area contributed by atoms with Crippen molar-refractivity contribution in [2.24, 2.45) is 9.98 Å². The zero-order valence-corrected chi connectivity index (χ0v) is 33.2. The first-order valence-electron chi connectivity index (χ1n) is 13.0. The number of ether oxygens (including phenoxy) is 2. The van der Waals surface area contributed by atoms with E-state index < -0.39 is 12.2 Å². The van der Waals surface area contributed by atoms with Crippen LogP contribution in [0, 0.1) is 0 Å². The van der Waals surface area contributed by atoms with Gasteiger partial charge in [0.2, 0.25) is 12.8 Å². The van der Waals surface area contributed by atoms with Gasteiger partial charge in [-0.15, -0.1) is 118 Å². The third kappa shape index (κ3) is 41.0. The van der Waals surface area contributed by atoms with E-state index in [1.165, 1.54) is 71.6 Å². The molecule has 4 N–H and O–H groups in total. The summed E-state index contributed by atoms with van der Waals surface area (Å²) in [4.78, 5) is 50.9. The highest BCUT2D eigenvalue weighted by molar-refractivity contribution is 8.16. The van der Waals surface area contributed by atoms with Crippen LogP contribution in [0.1, 0.15) is 0 Å².